The average Bonchev–Trinajstić information content (AvgIpc) is 2.97. The smallest absolute Gasteiger partial charge is 0.202 e. The molecule has 7 atom stereocenters. The van der Waals surface area contributed by atoms with E-state index < -0.39 is 76.2 Å². The monoisotopic (exact) mass is 585 g/mol. The molecule has 0 bridgehead atoms. The highest BCUT2D eigenvalue weighted by Crippen LogP contribution is 2.56. The van der Waals surface area contributed by atoms with Crippen molar-refractivity contribution in [3.05, 3.63) is 51.6 Å². The van der Waals surface area contributed by atoms with Gasteiger partial charge >= 0.3 is 0 Å². The van der Waals surface area contributed by atoms with Gasteiger partial charge < -0.3 is 44.8 Å². The maximum absolute atomic E-state index is 13.6. The first kappa shape index (κ1) is 29.0. The van der Waals surface area contributed by atoms with Crippen LogP contribution in [0.25, 0.3) is 0 Å². The molecule has 42 heavy (non-hydrogen) atoms. The number of morpholine rings is 1. The van der Waals surface area contributed by atoms with E-state index >= 15 is 0 Å². The number of carbonyl (C=O) groups excluding carboxylic acids is 2. The van der Waals surface area contributed by atoms with Crippen molar-refractivity contribution < 1.29 is 54.4 Å². The Kier molecular flexibility index (Phi) is 7.29. The van der Waals surface area contributed by atoms with E-state index in [-0.39, 0.29) is 47.6 Å². The van der Waals surface area contributed by atoms with Crippen molar-refractivity contribution in [2.75, 3.05) is 26.3 Å². The molecule has 2 unspecified atom stereocenters. The normalized spacial score (nSPS) is 33.2. The van der Waals surface area contributed by atoms with Crippen LogP contribution in [0.5, 0.6) is 17.2 Å². The number of aliphatic hydroxyl groups is 3. The Morgan fingerprint density at radius 2 is 1.67 bits per heavy atom. The van der Waals surface area contributed by atoms with Gasteiger partial charge in [-0.3, -0.25) is 14.5 Å². The Morgan fingerprint density at radius 3 is 2.36 bits per heavy atom. The lowest BCUT2D eigenvalue weighted by Gasteiger charge is -2.47. The quantitative estimate of drug-likeness (QED) is 0.242. The predicted molar refractivity (Wildman–Crippen MR) is 145 cm³/mol. The van der Waals surface area contributed by atoms with E-state index in [1.165, 1.54) is 18.2 Å². The molecule has 6 rings (SSSR count). The van der Waals surface area contributed by atoms with E-state index in [9.17, 15) is 40.2 Å². The number of hydrogen-bond donors (Lipinski definition) is 6. The van der Waals surface area contributed by atoms with Crippen LogP contribution in [-0.4, -0.2) is 104 Å². The number of phenolic OH excluding ortho intramolecular Hbond substituents is 3. The van der Waals surface area contributed by atoms with E-state index in [1.807, 2.05) is 0 Å². The summed E-state index contributed by atoms with van der Waals surface area (Å²) >= 11 is 0. The molecule has 2 fully saturated rings. The molecular formula is C30H35NO11. The van der Waals surface area contributed by atoms with E-state index in [1.54, 1.807) is 13.8 Å². The summed E-state index contributed by atoms with van der Waals surface area (Å²) in [6.45, 7) is 5.61. The van der Waals surface area contributed by atoms with Crippen molar-refractivity contribution >= 4 is 11.6 Å². The van der Waals surface area contributed by atoms with Crippen molar-refractivity contribution in [3.63, 3.8) is 0 Å². The molecular weight excluding hydrogens is 550 g/mol. The van der Waals surface area contributed by atoms with Crippen molar-refractivity contribution in [1.29, 1.82) is 0 Å². The molecule has 4 aliphatic rings. The zero-order valence-corrected chi connectivity index (χ0v) is 23.3. The molecule has 12 nitrogen and oxygen atoms in total. The maximum atomic E-state index is 13.6. The number of fused-ring (bicyclic) bond motifs is 3. The summed E-state index contributed by atoms with van der Waals surface area (Å²) in [5.74, 6) is -3.61. The van der Waals surface area contributed by atoms with Gasteiger partial charge in [-0.15, -0.1) is 0 Å². The van der Waals surface area contributed by atoms with Gasteiger partial charge in [-0.05, 0) is 19.4 Å². The molecule has 2 aromatic carbocycles. The van der Waals surface area contributed by atoms with E-state index in [0.29, 0.717) is 26.3 Å². The highest BCUT2D eigenvalue weighted by molar-refractivity contribution is 6.31. The Balaban J connectivity index is 1.44. The van der Waals surface area contributed by atoms with Crippen molar-refractivity contribution in [2.45, 2.75) is 75.5 Å². The number of ether oxygens (including phenoxy) is 3. The predicted octanol–water partition coefficient (Wildman–Crippen LogP) is 1.41. The van der Waals surface area contributed by atoms with Crippen LogP contribution >= 0.6 is 0 Å². The zero-order chi connectivity index (χ0) is 30.1. The van der Waals surface area contributed by atoms with Crippen LogP contribution in [0.2, 0.25) is 0 Å². The van der Waals surface area contributed by atoms with Gasteiger partial charge in [-0.2, -0.15) is 0 Å². The van der Waals surface area contributed by atoms with Crippen molar-refractivity contribution in [1.82, 2.24) is 4.90 Å². The number of aromatic hydroxyl groups is 3. The van der Waals surface area contributed by atoms with Crippen LogP contribution in [0.15, 0.2) is 18.2 Å². The lowest BCUT2D eigenvalue weighted by Crippen LogP contribution is -2.58. The Bertz CT molecular complexity index is 1440. The number of aliphatic hydroxyl groups excluding tert-OH is 2. The number of rotatable bonds is 4. The van der Waals surface area contributed by atoms with Gasteiger partial charge in [0.1, 0.15) is 23.4 Å². The van der Waals surface area contributed by atoms with Gasteiger partial charge in [-0.25, -0.2) is 0 Å². The third kappa shape index (κ3) is 4.32. The fourth-order valence-corrected chi connectivity index (χ4v) is 6.86. The lowest BCUT2D eigenvalue weighted by atomic mass is 9.70. The second kappa shape index (κ2) is 10.6. The number of hydrogen-bond acceptors (Lipinski definition) is 12. The second-order valence-corrected chi connectivity index (χ2v) is 11.5. The summed E-state index contributed by atoms with van der Waals surface area (Å²) in [5.41, 5.74) is -3.80. The molecule has 2 heterocycles. The van der Waals surface area contributed by atoms with Gasteiger partial charge in [-0.1, -0.05) is 19.1 Å². The first-order valence-corrected chi connectivity index (χ1v) is 14.2. The van der Waals surface area contributed by atoms with Gasteiger partial charge in [0.15, 0.2) is 12.1 Å². The molecule has 2 saturated heterocycles. The zero-order valence-electron chi connectivity index (χ0n) is 23.3. The lowest BCUT2D eigenvalue weighted by molar-refractivity contribution is -0.264. The minimum atomic E-state index is -1.82. The third-order valence-corrected chi connectivity index (χ3v) is 9.25. The summed E-state index contributed by atoms with van der Waals surface area (Å²) in [6.07, 6.45) is -5.23. The van der Waals surface area contributed by atoms with Crippen LogP contribution in [0.1, 0.15) is 88.3 Å². The molecule has 12 heteroatoms. The number of phenols is 3. The number of nitrogens with zero attached hydrogens (tertiary/aromatic N) is 1. The number of benzene rings is 2. The summed E-state index contributed by atoms with van der Waals surface area (Å²) in [4.78, 5) is 29.2. The molecule has 0 spiro atoms. The van der Waals surface area contributed by atoms with Crippen LogP contribution in [0.3, 0.4) is 0 Å². The molecule has 0 amide bonds. The molecule has 0 aromatic heterocycles. The first-order chi connectivity index (χ1) is 20.0. The van der Waals surface area contributed by atoms with Crippen LogP contribution in [0, 0.1) is 0 Å². The number of ketones is 2. The van der Waals surface area contributed by atoms with Crippen LogP contribution in [-0.2, 0) is 14.2 Å². The van der Waals surface area contributed by atoms with Gasteiger partial charge in [0.2, 0.25) is 5.78 Å². The molecule has 2 aromatic rings. The maximum Gasteiger partial charge on any atom is 0.202 e. The minimum Gasteiger partial charge on any atom is -0.507 e. The Hall–Kier alpha value is -3.10. The second-order valence-electron chi connectivity index (χ2n) is 11.5. The van der Waals surface area contributed by atoms with E-state index in [2.05, 4.69) is 4.90 Å². The SMILES string of the molecule is CC[C@@]1(O)C[C@@H](O[C@@H]2CC(N3CCOCC3)[C@@H](O)C(C)O2)c2c(O)c3c(c(O)c2[C@@H]1O)C(=O)c1cccc(O)c1C3=O. The first-order valence-electron chi connectivity index (χ1n) is 14.2. The fourth-order valence-electron chi connectivity index (χ4n) is 6.86. The van der Waals surface area contributed by atoms with E-state index in [4.69, 9.17) is 14.2 Å². The fraction of sp³-hybridized carbons (Fsp3) is 0.533. The summed E-state index contributed by atoms with van der Waals surface area (Å²) in [6, 6.07) is 3.60. The summed E-state index contributed by atoms with van der Waals surface area (Å²) in [5, 5.41) is 67.1. The summed E-state index contributed by atoms with van der Waals surface area (Å²) < 4.78 is 17.8. The highest BCUT2D eigenvalue weighted by atomic mass is 16.7. The minimum absolute atomic E-state index is 0.0331. The van der Waals surface area contributed by atoms with Gasteiger partial charge in [0.05, 0.1) is 53.8 Å². The standard InChI is InChI=1S/C30H35NO11/c1-3-30(39)12-17(42-18-11-15(24(33)13(2)41-18)31-7-9-40-10-8-31)20-23(29(30)38)28(37)21-22(27(20)36)26(35)19-14(25(21)34)5-4-6-16(19)32/h4-6,13,15,17-18,24,29,32-33,36-39H,3,7-12H2,1-2H3/t13?,15?,17-,18-,24+,29+,30-/m1/s1. The van der Waals surface area contributed by atoms with Crippen molar-refractivity contribution in [3.8, 4) is 17.2 Å². The molecule has 2 aliphatic carbocycles. The largest absolute Gasteiger partial charge is 0.507 e. The highest BCUT2D eigenvalue weighted by Gasteiger charge is 2.52. The molecule has 6 N–H and O–H groups in total. The average molecular weight is 586 g/mol. The topological polar surface area (TPSA) is 186 Å². The van der Waals surface area contributed by atoms with E-state index in [0.717, 1.165) is 0 Å². The third-order valence-electron chi connectivity index (χ3n) is 9.25. The van der Waals surface area contributed by atoms with Crippen LogP contribution < -0.4 is 0 Å². The Morgan fingerprint density at radius 1 is 1.00 bits per heavy atom. The number of carbonyl (C=O) groups is 2. The van der Waals surface area contributed by atoms with Crippen molar-refractivity contribution in [2.24, 2.45) is 0 Å². The van der Waals surface area contributed by atoms with Gasteiger partial charge in [0.25, 0.3) is 0 Å². The van der Waals surface area contributed by atoms with Crippen LogP contribution in [0.4, 0.5) is 0 Å². The molecule has 226 valence electrons. The molecule has 0 saturated carbocycles. The Labute approximate surface area is 241 Å². The van der Waals surface area contributed by atoms with Gasteiger partial charge in [0, 0.05) is 48.7 Å². The molecule has 2 aliphatic heterocycles. The summed E-state index contributed by atoms with van der Waals surface area (Å²) in [7, 11) is 0. The molecule has 0 radical (unpaired) electrons.